The van der Waals surface area contributed by atoms with E-state index in [1.54, 1.807) is 6.07 Å². The molecule has 0 heterocycles. The normalized spacial score (nSPS) is 11.3. The van der Waals surface area contributed by atoms with Crippen LogP contribution in [0.4, 0.5) is 11.4 Å². The number of nitrogens with one attached hydrogen (secondary N) is 1. The lowest BCUT2D eigenvalue weighted by molar-refractivity contribution is -0.115. The Kier molecular flexibility index (Phi) is 7.63. The van der Waals surface area contributed by atoms with Gasteiger partial charge in [0.05, 0.1) is 11.5 Å². The highest BCUT2D eigenvalue weighted by molar-refractivity contribution is 7.90. The molecule has 0 bridgehead atoms. The van der Waals surface area contributed by atoms with Crippen LogP contribution < -0.4 is 10.2 Å². The SMILES string of the molecule is CCN(CC)c1ccc(NC(=O)CCS(=O)(=O)Cc2cccc(C)c2)c(C)c1. The van der Waals surface area contributed by atoms with Gasteiger partial charge in [0.15, 0.2) is 9.84 Å². The molecular formula is C22H30N2O3S. The number of rotatable bonds is 9. The van der Waals surface area contributed by atoms with Gasteiger partial charge in [0.2, 0.25) is 5.91 Å². The second kappa shape index (κ2) is 9.73. The molecule has 0 aromatic heterocycles. The number of amides is 1. The molecule has 0 saturated heterocycles. The molecule has 0 saturated carbocycles. The van der Waals surface area contributed by atoms with E-state index in [4.69, 9.17) is 0 Å². The summed E-state index contributed by atoms with van der Waals surface area (Å²) in [7, 11) is -3.34. The van der Waals surface area contributed by atoms with Crippen molar-refractivity contribution in [3.05, 3.63) is 59.2 Å². The topological polar surface area (TPSA) is 66.5 Å². The van der Waals surface area contributed by atoms with Crippen LogP contribution in [0.25, 0.3) is 0 Å². The molecule has 0 spiro atoms. The summed E-state index contributed by atoms with van der Waals surface area (Å²) in [5, 5.41) is 2.84. The third-order valence-corrected chi connectivity index (χ3v) is 6.32. The molecule has 6 heteroatoms. The fourth-order valence-corrected chi connectivity index (χ4v) is 4.49. The van der Waals surface area contributed by atoms with E-state index in [-0.39, 0.29) is 23.8 Å². The standard InChI is InChI=1S/C22H30N2O3S/c1-5-24(6-2)20-10-11-21(18(4)15-20)23-22(25)12-13-28(26,27)16-19-9-7-8-17(3)14-19/h7-11,14-15H,5-6,12-13,16H2,1-4H3,(H,23,25). The van der Waals surface area contributed by atoms with Crippen LogP contribution in [-0.2, 0) is 20.4 Å². The van der Waals surface area contributed by atoms with Crippen molar-refractivity contribution in [2.45, 2.75) is 39.9 Å². The Morgan fingerprint density at radius 2 is 1.75 bits per heavy atom. The lowest BCUT2D eigenvalue weighted by atomic mass is 10.1. The molecule has 2 rings (SSSR count). The Bertz CT molecular complexity index is 919. The number of benzene rings is 2. The fourth-order valence-electron chi connectivity index (χ4n) is 3.16. The molecular weight excluding hydrogens is 372 g/mol. The first-order valence-electron chi connectivity index (χ1n) is 9.65. The fraction of sp³-hybridized carbons (Fsp3) is 0.409. The maximum absolute atomic E-state index is 12.3. The number of hydrogen-bond acceptors (Lipinski definition) is 4. The van der Waals surface area contributed by atoms with Crippen LogP contribution in [0.3, 0.4) is 0 Å². The van der Waals surface area contributed by atoms with Crippen LogP contribution in [0, 0.1) is 13.8 Å². The highest BCUT2D eigenvalue weighted by Crippen LogP contribution is 2.23. The Morgan fingerprint density at radius 3 is 2.36 bits per heavy atom. The van der Waals surface area contributed by atoms with Crippen molar-refractivity contribution in [1.29, 1.82) is 0 Å². The molecule has 0 aliphatic carbocycles. The van der Waals surface area contributed by atoms with Gasteiger partial charge in [-0.25, -0.2) is 8.42 Å². The first kappa shape index (κ1) is 22.0. The zero-order valence-corrected chi connectivity index (χ0v) is 18.0. The molecule has 0 fully saturated rings. The maximum atomic E-state index is 12.3. The Labute approximate surface area is 168 Å². The lowest BCUT2D eigenvalue weighted by Gasteiger charge is -2.22. The van der Waals surface area contributed by atoms with Gasteiger partial charge in [-0.2, -0.15) is 0 Å². The number of anilines is 2. The number of hydrogen-bond donors (Lipinski definition) is 1. The van der Waals surface area contributed by atoms with Crippen LogP contribution in [0.2, 0.25) is 0 Å². The van der Waals surface area contributed by atoms with E-state index in [9.17, 15) is 13.2 Å². The monoisotopic (exact) mass is 402 g/mol. The minimum atomic E-state index is -3.34. The van der Waals surface area contributed by atoms with E-state index in [1.165, 1.54) is 0 Å². The third kappa shape index (κ3) is 6.37. The lowest BCUT2D eigenvalue weighted by Crippen LogP contribution is -2.22. The van der Waals surface area contributed by atoms with Gasteiger partial charge in [0.1, 0.15) is 0 Å². The summed E-state index contributed by atoms with van der Waals surface area (Å²) in [5.41, 5.74) is 4.57. The van der Waals surface area contributed by atoms with Crippen molar-refractivity contribution in [2.75, 3.05) is 29.1 Å². The Hall–Kier alpha value is -2.34. The Morgan fingerprint density at radius 1 is 1.04 bits per heavy atom. The third-order valence-electron chi connectivity index (χ3n) is 4.72. The van der Waals surface area contributed by atoms with Crippen LogP contribution in [-0.4, -0.2) is 33.2 Å². The van der Waals surface area contributed by atoms with E-state index in [2.05, 4.69) is 24.1 Å². The molecule has 1 N–H and O–H groups in total. The number of carbonyl (C=O) groups excluding carboxylic acids is 1. The van der Waals surface area contributed by atoms with Crippen molar-refractivity contribution >= 4 is 27.1 Å². The molecule has 0 aliphatic rings. The van der Waals surface area contributed by atoms with Crippen molar-refractivity contribution in [3.63, 3.8) is 0 Å². The van der Waals surface area contributed by atoms with Gasteiger partial charge < -0.3 is 10.2 Å². The molecule has 0 atom stereocenters. The molecule has 0 radical (unpaired) electrons. The van der Waals surface area contributed by atoms with Gasteiger partial charge in [-0.05, 0) is 57.0 Å². The first-order valence-corrected chi connectivity index (χ1v) is 11.5. The van der Waals surface area contributed by atoms with Crippen LogP contribution >= 0.6 is 0 Å². The summed E-state index contributed by atoms with van der Waals surface area (Å²) in [6, 6.07) is 13.3. The van der Waals surface area contributed by atoms with Crippen LogP contribution in [0.5, 0.6) is 0 Å². The van der Waals surface area contributed by atoms with E-state index >= 15 is 0 Å². The molecule has 2 aromatic carbocycles. The van der Waals surface area contributed by atoms with E-state index in [0.29, 0.717) is 0 Å². The summed E-state index contributed by atoms with van der Waals surface area (Å²) >= 11 is 0. The molecule has 0 aliphatic heterocycles. The highest BCUT2D eigenvalue weighted by atomic mass is 32.2. The summed E-state index contributed by atoms with van der Waals surface area (Å²) in [6.07, 6.45) is -0.0502. The van der Waals surface area contributed by atoms with Gasteiger partial charge in [-0.1, -0.05) is 29.8 Å². The number of nitrogens with zero attached hydrogens (tertiary/aromatic N) is 1. The summed E-state index contributed by atoms with van der Waals surface area (Å²) in [6.45, 7) is 9.91. The molecule has 2 aromatic rings. The summed E-state index contributed by atoms with van der Waals surface area (Å²) in [5.74, 6) is -0.491. The smallest absolute Gasteiger partial charge is 0.225 e. The van der Waals surface area contributed by atoms with Gasteiger partial charge >= 0.3 is 0 Å². The molecule has 28 heavy (non-hydrogen) atoms. The van der Waals surface area contributed by atoms with Gasteiger partial charge in [-0.3, -0.25) is 4.79 Å². The summed E-state index contributed by atoms with van der Waals surface area (Å²) < 4.78 is 24.7. The van der Waals surface area contributed by atoms with Gasteiger partial charge in [-0.15, -0.1) is 0 Å². The predicted molar refractivity (Wildman–Crippen MR) is 117 cm³/mol. The first-order chi connectivity index (χ1) is 13.2. The van der Waals surface area contributed by atoms with Crippen molar-refractivity contribution in [2.24, 2.45) is 0 Å². The van der Waals surface area contributed by atoms with Crippen LogP contribution in [0.15, 0.2) is 42.5 Å². The quantitative estimate of drug-likeness (QED) is 0.686. The molecule has 152 valence electrons. The zero-order chi connectivity index (χ0) is 20.7. The van der Waals surface area contributed by atoms with Gasteiger partial charge in [0.25, 0.3) is 0 Å². The highest BCUT2D eigenvalue weighted by Gasteiger charge is 2.15. The second-order valence-electron chi connectivity index (χ2n) is 7.05. The zero-order valence-electron chi connectivity index (χ0n) is 17.2. The number of carbonyl (C=O) groups is 1. The maximum Gasteiger partial charge on any atom is 0.225 e. The number of sulfone groups is 1. The largest absolute Gasteiger partial charge is 0.372 e. The Balaban J connectivity index is 1.94. The minimum Gasteiger partial charge on any atom is -0.372 e. The van der Waals surface area contributed by atoms with Crippen LogP contribution in [0.1, 0.15) is 37.0 Å². The van der Waals surface area contributed by atoms with E-state index in [1.807, 2.05) is 50.2 Å². The predicted octanol–water partition coefficient (Wildman–Crippen LogP) is 4.09. The minimum absolute atomic E-state index is 0.0421. The summed E-state index contributed by atoms with van der Waals surface area (Å²) in [4.78, 5) is 14.5. The van der Waals surface area contributed by atoms with E-state index in [0.717, 1.165) is 41.2 Å². The number of aryl methyl sites for hydroxylation is 2. The second-order valence-corrected chi connectivity index (χ2v) is 9.23. The van der Waals surface area contributed by atoms with E-state index < -0.39 is 9.84 Å². The molecule has 1 amide bonds. The molecule has 5 nitrogen and oxygen atoms in total. The van der Waals surface area contributed by atoms with Crippen molar-refractivity contribution in [1.82, 2.24) is 0 Å². The van der Waals surface area contributed by atoms with Crippen molar-refractivity contribution < 1.29 is 13.2 Å². The van der Waals surface area contributed by atoms with Gasteiger partial charge in [0, 0.05) is 30.9 Å². The average Bonchev–Trinajstić information content (AvgIpc) is 2.63. The average molecular weight is 403 g/mol. The molecule has 0 unspecified atom stereocenters. The van der Waals surface area contributed by atoms with Crippen molar-refractivity contribution in [3.8, 4) is 0 Å².